The largest absolute Gasteiger partial charge is 0.299 e. The zero-order valence-corrected chi connectivity index (χ0v) is 11.5. The summed E-state index contributed by atoms with van der Waals surface area (Å²) in [5.74, 6) is 1.51. The van der Waals surface area contributed by atoms with Gasteiger partial charge in [0, 0.05) is 12.3 Å². The number of allylic oxidation sites excluding steroid dienone is 1. The molecule has 0 amide bonds. The molecule has 0 saturated heterocycles. The van der Waals surface area contributed by atoms with Gasteiger partial charge >= 0.3 is 0 Å². The Morgan fingerprint density at radius 3 is 3.07 bits per heavy atom. The summed E-state index contributed by atoms with van der Waals surface area (Å²) in [4.78, 5) is 11.8. The molecule has 1 unspecified atom stereocenters. The lowest BCUT2D eigenvalue weighted by molar-refractivity contribution is -0.121. The van der Waals surface area contributed by atoms with Crippen molar-refractivity contribution in [3.05, 3.63) is 10.2 Å². The van der Waals surface area contributed by atoms with E-state index in [4.69, 9.17) is 0 Å². The Hall–Kier alpha value is 0.140. The Labute approximate surface area is 106 Å². The van der Waals surface area contributed by atoms with Crippen LogP contribution in [0.25, 0.3) is 0 Å². The molecule has 84 valence electrons. The number of hydrogen-bond donors (Lipinski definition) is 0. The van der Waals surface area contributed by atoms with E-state index in [1.54, 1.807) is 0 Å². The van der Waals surface area contributed by atoms with Crippen molar-refractivity contribution >= 4 is 28.4 Å². The lowest BCUT2D eigenvalue weighted by Crippen LogP contribution is -2.28. The first-order valence-electron chi connectivity index (χ1n) is 5.92. The molecule has 2 fully saturated rings. The standard InChI is InChI=1S/C13H19IO/c1-9(14)5-7-13-6-3-4-11(13)8-12(15)10(13)2/h10-11H,1,3-8H2,2H3/t10?,11-,13-/m0/s1. The van der Waals surface area contributed by atoms with E-state index >= 15 is 0 Å². The van der Waals surface area contributed by atoms with Crippen LogP contribution in [0.15, 0.2) is 10.2 Å². The summed E-state index contributed by atoms with van der Waals surface area (Å²) in [6.45, 7) is 6.13. The molecule has 2 saturated carbocycles. The van der Waals surface area contributed by atoms with E-state index in [0.717, 1.165) is 12.8 Å². The smallest absolute Gasteiger partial charge is 0.136 e. The molecule has 0 N–H and O–H groups in total. The van der Waals surface area contributed by atoms with E-state index < -0.39 is 0 Å². The Balaban J connectivity index is 2.15. The monoisotopic (exact) mass is 318 g/mol. The molecule has 0 spiro atoms. The maximum absolute atomic E-state index is 11.8. The van der Waals surface area contributed by atoms with Crippen molar-refractivity contribution in [2.45, 2.75) is 45.4 Å². The van der Waals surface area contributed by atoms with Gasteiger partial charge in [0.25, 0.3) is 0 Å². The molecule has 2 rings (SSSR count). The molecule has 2 aliphatic carbocycles. The first kappa shape index (κ1) is 11.6. The van der Waals surface area contributed by atoms with Gasteiger partial charge in [-0.1, -0.05) is 19.9 Å². The van der Waals surface area contributed by atoms with Crippen LogP contribution in [0.1, 0.15) is 45.4 Å². The Bertz CT molecular complexity index is 297. The van der Waals surface area contributed by atoms with Crippen LogP contribution in [-0.2, 0) is 4.79 Å². The van der Waals surface area contributed by atoms with Crippen LogP contribution in [0.2, 0.25) is 0 Å². The average molecular weight is 318 g/mol. The average Bonchev–Trinajstić information content (AvgIpc) is 2.66. The summed E-state index contributed by atoms with van der Waals surface area (Å²) in [5, 5.41) is 0. The highest BCUT2D eigenvalue weighted by atomic mass is 127. The highest BCUT2D eigenvalue weighted by Gasteiger charge is 2.53. The summed E-state index contributed by atoms with van der Waals surface area (Å²) in [6, 6.07) is 0. The zero-order valence-electron chi connectivity index (χ0n) is 9.39. The van der Waals surface area contributed by atoms with E-state index in [-0.39, 0.29) is 0 Å². The van der Waals surface area contributed by atoms with Crippen LogP contribution < -0.4 is 0 Å². The van der Waals surface area contributed by atoms with Gasteiger partial charge in [0.1, 0.15) is 5.78 Å². The fourth-order valence-corrected chi connectivity index (χ4v) is 3.97. The van der Waals surface area contributed by atoms with Gasteiger partial charge in [-0.05, 0) is 63.2 Å². The minimum atomic E-state index is 0.306. The third-order valence-corrected chi connectivity index (χ3v) is 5.20. The second-order valence-electron chi connectivity index (χ2n) is 5.23. The maximum atomic E-state index is 11.8. The van der Waals surface area contributed by atoms with Gasteiger partial charge in [0.05, 0.1) is 0 Å². The minimum absolute atomic E-state index is 0.306. The van der Waals surface area contributed by atoms with Crippen molar-refractivity contribution in [3.63, 3.8) is 0 Å². The maximum Gasteiger partial charge on any atom is 0.136 e. The molecule has 3 atom stereocenters. The van der Waals surface area contributed by atoms with Crippen LogP contribution in [0.5, 0.6) is 0 Å². The van der Waals surface area contributed by atoms with Crippen molar-refractivity contribution in [3.8, 4) is 0 Å². The summed E-state index contributed by atoms with van der Waals surface area (Å²) in [5.41, 5.74) is 0.352. The molecule has 2 aliphatic rings. The molecule has 2 heteroatoms. The molecule has 0 heterocycles. The van der Waals surface area contributed by atoms with Gasteiger partial charge in [-0.15, -0.1) is 0 Å². The molecule has 0 aliphatic heterocycles. The molecule has 1 nitrogen and oxygen atoms in total. The summed E-state index contributed by atoms with van der Waals surface area (Å²) >= 11 is 2.31. The Morgan fingerprint density at radius 1 is 1.67 bits per heavy atom. The van der Waals surface area contributed by atoms with Crippen LogP contribution in [0.4, 0.5) is 0 Å². The van der Waals surface area contributed by atoms with Gasteiger partial charge in [-0.3, -0.25) is 4.79 Å². The number of ketones is 1. The van der Waals surface area contributed by atoms with Crippen molar-refractivity contribution < 1.29 is 4.79 Å². The lowest BCUT2D eigenvalue weighted by atomic mass is 9.71. The third-order valence-electron chi connectivity index (χ3n) is 4.66. The minimum Gasteiger partial charge on any atom is -0.299 e. The molecule has 0 aromatic carbocycles. The van der Waals surface area contributed by atoms with Gasteiger partial charge in [-0.2, -0.15) is 0 Å². The van der Waals surface area contributed by atoms with E-state index in [1.807, 2.05) is 0 Å². The molecular formula is C13H19IO. The highest BCUT2D eigenvalue weighted by molar-refractivity contribution is 14.1. The van der Waals surface area contributed by atoms with Gasteiger partial charge in [0.2, 0.25) is 0 Å². The first-order valence-corrected chi connectivity index (χ1v) is 7.00. The van der Waals surface area contributed by atoms with Crippen LogP contribution in [0, 0.1) is 17.3 Å². The molecule has 15 heavy (non-hydrogen) atoms. The van der Waals surface area contributed by atoms with Gasteiger partial charge in [0.15, 0.2) is 0 Å². The van der Waals surface area contributed by atoms with Crippen molar-refractivity contribution in [2.75, 3.05) is 0 Å². The Morgan fingerprint density at radius 2 is 2.40 bits per heavy atom. The van der Waals surface area contributed by atoms with Gasteiger partial charge in [-0.25, -0.2) is 0 Å². The van der Waals surface area contributed by atoms with Crippen molar-refractivity contribution in [1.29, 1.82) is 0 Å². The molecule has 0 radical (unpaired) electrons. The van der Waals surface area contributed by atoms with E-state index in [0.29, 0.717) is 23.0 Å². The number of halogens is 1. The quantitative estimate of drug-likeness (QED) is 0.716. The molecule has 0 aromatic heterocycles. The number of carbonyl (C=O) groups is 1. The third kappa shape index (κ3) is 1.90. The van der Waals surface area contributed by atoms with Crippen LogP contribution in [0.3, 0.4) is 0 Å². The van der Waals surface area contributed by atoms with E-state index in [9.17, 15) is 4.79 Å². The predicted octanol–water partition coefficient (Wildman–Crippen LogP) is 4.11. The first-order chi connectivity index (χ1) is 7.06. The van der Waals surface area contributed by atoms with Crippen LogP contribution in [-0.4, -0.2) is 5.78 Å². The van der Waals surface area contributed by atoms with Crippen molar-refractivity contribution in [2.24, 2.45) is 17.3 Å². The number of hydrogen-bond acceptors (Lipinski definition) is 1. The Kier molecular flexibility index (Phi) is 3.25. The molecular weight excluding hydrogens is 299 g/mol. The molecule has 0 bridgehead atoms. The summed E-state index contributed by atoms with van der Waals surface area (Å²) in [7, 11) is 0. The van der Waals surface area contributed by atoms with E-state index in [1.165, 1.54) is 29.3 Å². The fourth-order valence-electron chi connectivity index (χ4n) is 3.70. The van der Waals surface area contributed by atoms with Crippen LogP contribution >= 0.6 is 22.6 Å². The number of Topliss-reactive ketones (excluding diaryl/α,β-unsaturated/α-hetero) is 1. The number of fused-ring (bicyclic) bond motifs is 1. The second-order valence-corrected chi connectivity index (χ2v) is 6.76. The summed E-state index contributed by atoms with van der Waals surface area (Å²) in [6.07, 6.45) is 7.02. The second kappa shape index (κ2) is 4.19. The van der Waals surface area contributed by atoms with Gasteiger partial charge < -0.3 is 0 Å². The topological polar surface area (TPSA) is 17.1 Å². The number of rotatable bonds is 3. The summed E-state index contributed by atoms with van der Waals surface area (Å²) < 4.78 is 1.24. The highest BCUT2D eigenvalue weighted by Crippen LogP contribution is 2.58. The predicted molar refractivity (Wildman–Crippen MR) is 71.0 cm³/mol. The number of carbonyl (C=O) groups excluding carboxylic acids is 1. The van der Waals surface area contributed by atoms with Crippen molar-refractivity contribution in [1.82, 2.24) is 0 Å². The zero-order chi connectivity index (χ0) is 11.1. The van der Waals surface area contributed by atoms with E-state index in [2.05, 4.69) is 36.1 Å². The fraction of sp³-hybridized carbons (Fsp3) is 0.769. The normalized spacial score (nSPS) is 39.5. The molecule has 0 aromatic rings. The lowest BCUT2D eigenvalue weighted by Gasteiger charge is -2.33. The SMILES string of the molecule is C=C(I)CC[C@]12CCC[C@H]1CC(=O)C2C.